The standard InChI is InChI=1S/C16H21N5O5/c1-15(2,3)26-14(23)18-13-19-16(4,7-12(22)20(13)5)10-6-11(21(24)25)9-17-8-10/h6,8-9H,7H2,1-5H3,(H,18,19,23)/t16-/m0/s1. The van der Waals surface area contributed by atoms with E-state index in [1.807, 2.05) is 0 Å². The largest absolute Gasteiger partial charge is 0.444 e. The van der Waals surface area contributed by atoms with Crippen LogP contribution in [0.4, 0.5) is 10.5 Å². The van der Waals surface area contributed by atoms with Crippen LogP contribution < -0.4 is 5.32 Å². The Bertz CT molecular complexity index is 785. The Hall–Kier alpha value is -3.04. The summed E-state index contributed by atoms with van der Waals surface area (Å²) >= 11 is 0. The fraction of sp³-hybridized carbons (Fsp3) is 0.500. The fourth-order valence-electron chi connectivity index (χ4n) is 2.37. The van der Waals surface area contributed by atoms with Gasteiger partial charge in [0, 0.05) is 24.9 Å². The summed E-state index contributed by atoms with van der Waals surface area (Å²) in [5.74, 6) is -0.301. The molecule has 10 nitrogen and oxygen atoms in total. The number of nitrogens with one attached hydrogen (secondary N) is 1. The number of hydrogen-bond donors (Lipinski definition) is 1. The highest BCUT2D eigenvalue weighted by Gasteiger charge is 2.38. The predicted octanol–water partition coefficient (Wildman–Crippen LogP) is 1.95. The number of rotatable bonds is 2. The predicted molar refractivity (Wildman–Crippen MR) is 92.4 cm³/mol. The first-order chi connectivity index (χ1) is 11.9. The SMILES string of the molecule is CN1C(=O)C[C@@](C)(c2cncc([N+](=O)[O-])c2)N=C1NC(=O)OC(C)(C)C. The molecule has 1 aromatic rings. The van der Waals surface area contributed by atoms with Gasteiger partial charge in [-0.1, -0.05) is 0 Å². The van der Waals surface area contributed by atoms with Crippen LogP contribution in [-0.4, -0.2) is 45.4 Å². The van der Waals surface area contributed by atoms with Gasteiger partial charge in [-0.3, -0.25) is 30.1 Å². The van der Waals surface area contributed by atoms with Gasteiger partial charge in [0.25, 0.3) is 5.69 Å². The van der Waals surface area contributed by atoms with Crippen LogP contribution in [0.1, 0.15) is 39.7 Å². The van der Waals surface area contributed by atoms with Gasteiger partial charge in [0.05, 0.1) is 16.9 Å². The second-order valence-corrected chi connectivity index (χ2v) is 7.15. The van der Waals surface area contributed by atoms with Crippen LogP contribution in [0.25, 0.3) is 0 Å². The molecule has 140 valence electrons. The molecular formula is C16H21N5O5. The van der Waals surface area contributed by atoms with Crippen LogP contribution in [0.15, 0.2) is 23.5 Å². The average Bonchev–Trinajstić information content (AvgIpc) is 2.50. The zero-order chi connectivity index (χ0) is 19.7. The highest BCUT2D eigenvalue weighted by Crippen LogP contribution is 2.34. The van der Waals surface area contributed by atoms with Crippen molar-refractivity contribution >= 4 is 23.6 Å². The van der Waals surface area contributed by atoms with Gasteiger partial charge in [-0.05, 0) is 27.7 Å². The average molecular weight is 363 g/mol. The van der Waals surface area contributed by atoms with Gasteiger partial charge in [-0.15, -0.1) is 0 Å². The third kappa shape index (κ3) is 4.32. The number of pyridine rings is 1. The van der Waals surface area contributed by atoms with E-state index in [0.717, 1.165) is 6.20 Å². The normalized spacial score (nSPS) is 20.4. The van der Waals surface area contributed by atoms with Gasteiger partial charge in [0.2, 0.25) is 11.9 Å². The zero-order valence-corrected chi connectivity index (χ0v) is 15.3. The molecule has 1 aliphatic heterocycles. The molecule has 0 bridgehead atoms. The minimum atomic E-state index is -1.10. The van der Waals surface area contributed by atoms with Gasteiger partial charge < -0.3 is 4.74 Å². The topological polar surface area (TPSA) is 127 Å². The molecule has 0 fully saturated rings. The van der Waals surface area contributed by atoms with E-state index in [2.05, 4.69) is 15.3 Å². The van der Waals surface area contributed by atoms with Crippen LogP contribution in [-0.2, 0) is 15.1 Å². The van der Waals surface area contributed by atoms with Crippen molar-refractivity contribution < 1.29 is 19.2 Å². The molecule has 1 atom stereocenters. The van der Waals surface area contributed by atoms with Crippen molar-refractivity contribution in [3.63, 3.8) is 0 Å². The summed E-state index contributed by atoms with van der Waals surface area (Å²) in [4.78, 5) is 44.3. The summed E-state index contributed by atoms with van der Waals surface area (Å²) in [6, 6.07) is 1.32. The molecule has 2 heterocycles. The molecule has 0 aromatic carbocycles. The number of ether oxygens (including phenoxy) is 1. The Balaban J connectivity index is 2.38. The number of carbonyl (C=O) groups is 2. The van der Waals surface area contributed by atoms with Crippen LogP contribution in [0.3, 0.4) is 0 Å². The maximum Gasteiger partial charge on any atom is 0.414 e. The lowest BCUT2D eigenvalue weighted by Gasteiger charge is -2.34. The maximum absolute atomic E-state index is 12.4. The monoisotopic (exact) mass is 363 g/mol. The third-order valence-corrected chi connectivity index (χ3v) is 3.71. The van der Waals surface area contributed by atoms with Crippen LogP contribution in [0.5, 0.6) is 0 Å². The second-order valence-electron chi connectivity index (χ2n) is 7.15. The lowest BCUT2D eigenvalue weighted by Crippen LogP contribution is -2.52. The van der Waals surface area contributed by atoms with Crippen LogP contribution >= 0.6 is 0 Å². The molecule has 1 aliphatic rings. The van der Waals surface area contributed by atoms with Gasteiger partial charge in [0.15, 0.2) is 0 Å². The van der Waals surface area contributed by atoms with Gasteiger partial charge in [-0.25, -0.2) is 9.79 Å². The number of aliphatic imine (C=N–C) groups is 1. The summed E-state index contributed by atoms with van der Waals surface area (Å²) in [6.07, 6.45) is 1.76. The number of amides is 2. The van der Waals surface area contributed by atoms with Crippen molar-refractivity contribution in [1.29, 1.82) is 0 Å². The van der Waals surface area contributed by atoms with E-state index in [4.69, 9.17) is 4.74 Å². The third-order valence-electron chi connectivity index (χ3n) is 3.71. The molecule has 2 rings (SSSR count). The van der Waals surface area contributed by atoms with Crippen molar-refractivity contribution in [3.8, 4) is 0 Å². The molecule has 26 heavy (non-hydrogen) atoms. The van der Waals surface area contributed by atoms with Crippen LogP contribution in [0.2, 0.25) is 0 Å². The van der Waals surface area contributed by atoms with Gasteiger partial charge in [0.1, 0.15) is 11.8 Å². The lowest BCUT2D eigenvalue weighted by atomic mass is 9.88. The molecule has 1 aromatic heterocycles. The summed E-state index contributed by atoms with van der Waals surface area (Å²) in [7, 11) is 1.48. The van der Waals surface area contributed by atoms with E-state index in [-0.39, 0.29) is 24.0 Å². The summed E-state index contributed by atoms with van der Waals surface area (Å²) in [6.45, 7) is 6.78. The van der Waals surface area contributed by atoms with Crippen molar-refractivity contribution in [2.75, 3.05) is 7.05 Å². The number of guanidine groups is 1. The second kappa shape index (κ2) is 6.70. The number of hydrogen-bond acceptors (Lipinski definition) is 7. The molecule has 0 saturated carbocycles. The van der Waals surface area contributed by atoms with E-state index in [0.29, 0.717) is 5.56 Å². The minimum absolute atomic E-state index is 0.00417. The minimum Gasteiger partial charge on any atom is -0.444 e. The van der Waals surface area contributed by atoms with E-state index < -0.39 is 22.2 Å². The van der Waals surface area contributed by atoms with Crippen molar-refractivity contribution in [3.05, 3.63) is 34.1 Å². The molecule has 0 radical (unpaired) electrons. The number of carbonyl (C=O) groups excluding carboxylic acids is 2. The molecule has 0 saturated heterocycles. The Kier molecular flexibility index (Phi) is 4.97. The Morgan fingerprint density at radius 2 is 2.08 bits per heavy atom. The van der Waals surface area contributed by atoms with Gasteiger partial charge in [-0.2, -0.15) is 0 Å². The first kappa shape index (κ1) is 19.3. The Morgan fingerprint density at radius 3 is 2.65 bits per heavy atom. The number of aromatic nitrogens is 1. The zero-order valence-electron chi connectivity index (χ0n) is 15.3. The molecule has 1 N–H and O–H groups in total. The molecule has 10 heteroatoms. The summed E-state index contributed by atoms with van der Waals surface area (Å²) in [5, 5.41) is 13.4. The van der Waals surface area contributed by atoms with Crippen LogP contribution in [0, 0.1) is 10.1 Å². The number of nitrogens with zero attached hydrogens (tertiary/aromatic N) is 4. The quantitative estimate of drug-likeness (QED) is 0.632. The van der Waals surface area contributed by atoms with E-state index >= 15 is 0 Å². The maximum atomic E-state index is 12.4. The smallest absolute Gasteiger partial charge is 0.414 e. The fourth-order valence-corrected chi connectivity index (χ4v) is 2.37. The lowest BCUT2D eigenvalue weighted by molar-refractivity contribution is -0.385. The molecule has 0 spiro atoms. The van der Waals surface area contributed by atoms with Crippen molar-refractivity contribution in [2.45, 2.75) is 45.3 Å². The van der Waals surface area contributed by atoms with E-state index in [1.165, 1.54) is 24.2 Å². The number of nitro groups is 1. The highest BCUT2D eigenvalue weighted by atomic mass is 16.6. The first-order valence-electron chi connectivity index (χ1n) is 7.88. The Labute approximate surface area is 150 Å². The van der Waals surface area contributed by atoms with Crippen molar-refractivity contribution in [2.24, 2.45) is 4.99 Å². The van der Waals surface area contributed by atoms with E-state index in [1.54, 1.807) is 27.7 Å². The molecule has 0 unspecified atom stereocenters. The first-order valence-corrected chi connectivity index (χ1v) is 7.88. The summed E-state index contributed by atoms with van der Waals surface area (Å²) < 4.78 is 5.18. The highest BCUT2D eigenvalue weighted by molar-refractivity contribution is 6.04. The van der Waals surface area contributed by atoms with Gasteiger partial charge >= 0.3 is 6.09 Å². The molecule has 2 amide bonds. The Morgan fingerprint density at radius 1 is 1.42 bits per heavy atom. The molecule has 0 aliphatic carbocycles. The summed E-state index contributed by atoms with van der Waals surface area (Å²) in [5.41, 5.74) is -1.62. The van der Waals surface area contributed by atoms with E-state index in [9.17, 15) is 19.7 Å². The molecular weight excluding hydrogens is 342 g/mol. The number of alkyl carbamates (subject to hydrolysis) is 1. The van der Waals surface area contributed by atoms with Crippen molar-refractivity contribution in [1.82, 2.24) is 15.2 Å².